The highest BCUT2D eigenvalue weighted by Crippen LogP contribution is 2.30. The summed E-state index contributed by atoms with van der Waals surface area (Å²) in [5.41, 5.74) is 2.38. The standard InChI is InChI=1S/C17H21BrN2/c1-20(15-8-3-2-4-9-15)17-14(12-18)11-13-7-5-6-10-16(13)19-17/h5-7,10-11,15H,2-4,8-9,12H2,1H3. The molecule has 1 aromatic carbocycles. The molecule has 1 aliphatic carbocycles. The number of anilines is 1. The largest absolute Gasteiger partial charge is 0.356 e. The van der Waals surface area contributed by atoms with Crippen molar-refractivity contribution in [3.8, 4) is 0 Å². The Morgan fingerprint density at radius 2 is 1.95 bits per heavy atom. The summed E-state index contributed by atoms with van der Waals surface area (Å²) in [4.78, 5) is 7.32. The minimum absolute atomic E-state index is 0.648. The van der Waals surface area contributed by atoms with Crippen molar-refractivity contribution >= 4 is 32.7 Å². The Hall–Kier alpha value is -1.09. The van der Waals surface area contributed by atoms with Crippen LogP contribution in [0.3, 0.4) is 0 Å². The highest BCUT2D eigenvalue weighted by molar-refractivity contribution is 9.08. The topological polar surface area (TPSA) is 16.1 Å². The van der Waals surface area contributed by atoms with E-state index in [4.69, 9.17) is 4.98 Å². The van der Waals surface area contributed by atoms with Gasteiger partial charge in [-0.3, -0.25) is 0 Å². The van der Waals surface area contributed by atoms with E-state index in [1.54, 1.807) is 0 Å². The SMILES string of the molecule is CN(c1nc2ccccc2cc1CBr)C1CCCCC1. The molecule has 1 fully saturated rings. The van der Waals surface area contributed by atoms with Gasteiger partial charge in [0.1, 0.15) is 5.82 Å². The maximum atomic E-state index is 4.92. The van der Waals surface area contributed by atoms with Crippen LogP contribution in [0.1, 0.15) is 37.7 Å². The second kappa shape index (κ2) is 6.13. The van der Waals surface area contributed by atoms with Gasteiger partial charge in [0.25, 0.3) is 0 Å². The number of alkyl halides is 1. The van der Waals surface area contributed by atoms with Crippen LogP contribution in [0.15, 0.2) is 30.3 Å². The van der Waals surface area contributed by atoms with Crippen LogP contribution in [-0.2, 0) is 5.33 Å². The number of fused-ring (bicyclic) bond motifs is 1. The van der Waals surface area contributed by atoms with Crippen LogP contribution in [-0.4, -0.2) is 18.1 Å². The first-order valence-electron chi connectivity index (χ1n) is 7.47. The lowest BCUT2D eigenvalue weighted by Gasteiger charge is -2.33. The Kier molecular flexibility index (Phi) is 4.25. The minimum Gasteiger partial charge on any atom is -0.356 e. The molecule has 1 aliphatic rings. The zero-order valence-electron chi connectivity index (χ0n) is 12.0. The fourth-order valence-corrected chi connectivity index (χ4v) is 3.61. The second-order valence-electron chi connectivity index (χ2n) is 5.70. The Balaban J connectivity index is 1.99. The van der Waals surface area contributed by atoms with Crippen molar-refractivity contribution in [1.29, 1.82) is 0 Å². The quantitative estimate of drug-likeness (QED) is 0.743. The van der Waals surface area contributed by atoms with Crippen molar-refractivity contribution in [2.45, 2.75) is 43.5 Å². The van der Waals surface area contributed by atoms with Crippen molar-refractivity contribution in [1.82, 2.24) is 4.98 Å². The molecule has 1 saturated carbocycles. The molecule has 0 spiro atoms. The number of aromatic nitrogens is 1. The van der Waals surface area contributed by atoms with Gasteiger partial charge in [0.05, 0.1) is 5.52 Å². The summed E-state index contributed by atoms with van der Waals surface area (Å²) < 4.78 is 0. The predicted octanol–water partition coefficient (Wildman–Crippen LogP) is 4.90. The number of halogens is 1. The number of pyridine rings is 1. The maximum absolute atomic E-state index is 4.92. The van der Waals surface area contributed by atoms with E-state index >= 15 is 0 Å². The van der Waals surface area contributed by atoms with Gasteiger partial charge in [-0.15, -0.1) is 0 Å². The van der Waals surface area contributed by atoms with Crippen LogP contribution in [0.2, 0.25) is 0 Å². The smallest absolute Gasteiger partial charge is 0.133 e. The molecule has 3 heteroatoms. The first-order valence-corrected chi connectivity index (χ1v) is 8.59. The molecule has 0 bridgehead atoms. The van der Waals surface area contributed by atoms with E-state index in [1.165, 1.54) is 43.1 Å². The number of nitrogens with zero attached hydrogens (tertiary/aromatic N) is 2. The van der Waals surface area contributed by atoms with Gasteiger partial charge in [-0.25, -0.2) is 4.98 Å². The fraction of sp³-hybridized carbons (Fsp3) is 0.471. The molecule has 3 rings (SSSR count). The van der Waals surface area contributed by atoms with Crippen molar-refractivity contribution in [2.75, 3.05) is 11.9 Å². The summed E-state index contributed by atoms with van der Waals surface area (Å²) in [6, 6.07) is 11.3. The molecule has 0 atom stereocenters. The van der Waals surface area contributed by atoms with Gasteiger partial charge in [-0.2, -0.15) is 0 Å². The van der Waals surface area contributed by atoms with E-state index in [-0.39, 0.29) is 0 Å². The van der Waals surface area contributed by atoms with Crippen LogP contribution >= 0.6 is 15.9 Å². The molecule has 0 aliphatic heterocycles. The number of para-hydroxylation sites is 1. The lowest BCUT2D eigenvalue weighted by Crippen LogP contribution is -2.34. The van der Waals surface area contributed by atoms with Crippen LogP contribution in [0.5, 0.6) is 0 Å². The summed E-state index contributed by atoms with van der Waals surface area (Å²) in [7, 11) is 2.21. The average molecular weight is 333 g/mol. The van der Waals surface area contributed by atoms with E-state index in [0.717, 1.165) is 16.7 Å². The zero-order chi connectivity index (χ0) is 13.9. The highest BCUT2D eigenvalue weighted by Gasteiger charge is 2.21. The van der Waals surface area contributed by atoms with Crippen LogP contribution < -0.4 is 4.90 Å². The normalized spacial score (nSPS) is 16.5. The molecule has 2 aromatic rings. The van der Waals surface area contributed by atoms with E-state index in [0.29, 0.717) is 6.04 Å². The summed E-state index contributed by atoms with van der Waals surface area (Å²) in [6.45, 7) is 0. The van der Waals surface area contributed by atoms with E-state index < -0.39 is 0 Å². The van der Waals surface area contributed by atoms with E-state index in [1.807, 2.05) is 0 Å². The molecule has 0 N–H and O–H groups in total. The summed E-state index contributed by atoms with van der Waals surface area (Å²) in [5.74, 6) is 1.15. The Bertz CT molecular complexity index is 591. The molecule has 1 aromatic heterocycles. The molecular weight excluding hydrogens is 312 g/mol. The Labute approximate surface area is 129 Å². The maximum Gasteiger partial charge on any atom is 0.133 e. The number of rotatable bonds is 3. The predicted molar refractivity (Wildman–Crippen MR) is 89.7 cm³/mol. The third-order valence-electron chi connectivity index (χ3n) is 4.38. The average Bonchev–Trinajstić information content (AvgIpc) is 2.53. The fourth-order valence-electron chi connectivity index (χ4n) is 3.19. The number of hydrogen-bond acceptors (Lipinski definition) is 2. The van der Waals surface area contributed by atoms with E-state index in [2.05, 4.69) is 58.2 Å². The first-order chi connectivity index (χ1) is 9.79. The van der Waals surface area contributed by atoms with Gasteiger partial charge < -0.3 is 4.90 Å². The zero-order valence-corrected chi connectivity index (χ0v) is 13.6. The molecule has 0 amide bonds. The lowest BCUT2D eigenvalue weighted by molar-refractivity contribution is 0.426. The van der Waals surface area contributed by atoms with Gasteiger partial charge in [0, 0.05) is 29.4 Å². The highest BCUT2D eigenvalue weighted by atomic mass is 79.9. The second-order valence-corrected chi connectivity index (χ2v) is 6.26. The van der Waals surface area contributed by atoms with Gasteiger partial charge in [-0.1, -0.05) is 53.4 Å². The summed E-state index contributed by atoms with van der Waals surface area (Å²) in [5, 5.41) is 2.08. The molecule has 1 heterocycles. The molecule has 0 unspecified atom stereocenters. The number of hydrogen-bond donors (Lipinski definition) is 0. The van der Waals surface area contributed by atoms with E-state index in [9.17, 15) is 0 Å². The van der Waals surface area contributed by atoms with Crippen molar-refractivity contribution in [3.63, 3.8) is 0 Å². The third-order valence-corrected chi connectivity index (χ3v) is 4.98. The van der Waals surface area contributed by atoms with Crippen LogP contribution in [0, 0.1) is 0 Å². The van der Waals surface area contributed by atoms with Gasteiger partial charge in [-0.05, 0) is 25.0 Å². The van der Waals surface area contributed by atoms with Crippen LogP contribution in [0.25, 0.3) is 10.9 Å². The lowest BCUT2D eigenvalue weighted by atomic mass is 9.94. The van der Waals surface area contributed by atoms with Crippen LogP contribution in [0.4, 0.5) is 5.82 Å². The Morgan fingerprint density at radius 3 is 2.70 bits per heavy atom. The molecule has 2 nitrogen and oxygen atoms in total. The number of benzene rings is 1. The summed E-state index contributed by atoms with van der Waals surface area (Å²) >= 11 is 3.62. The monoisotopic (exact) mass is 332 g/mol. The first kappa shape index (κ1) is 13.9. The van der Waals surface area contributed by atoms with Gasteiger partial charge in [0.2, 0.25) is 0 Å². The third kappa shape index (κ3) is 2.69. The molecular formula is C17H21BrN2. The molecule has 20 heavy (non-hydrogen) atoms. The molecule has 0 radical (unpaired) electrons. The van der Waals surface area contributed by atoms with Gasteiger partial charge >= 0.3 is 0 Å². The summed E-state index contributed by atoms with van der Waals surface area (Å²) in [6.07, 6.45) is 6.69. The van der Waals surface area contributed by atoms with Crippen molar-refractivity contribution in [3.05, 3.63) is 35.9 Å². The van der Waals surface area contributed by atoms with Crippen molar-refractivity contribution < 1.29 is 0 Å². The molecule has 106 valence electrons. The Morgan fingerprint density at radius 1 is 1.20 bits per heavy atom. The van der Waals surface area contributed by atoms with Gasteiger partial charge in [0.15, 0.2) is 0 Å². The van der Waals surface area contributed by atoms with Crippen molar-refractivity contribution in [2.24, 2.45) is 0 Å². The molecule has 0 saturated heterocycles. The minimum atomic E-state index is 0.648.